The number of nitrogens with zero attached hydrogens (tertiary/aromatic N) is 1. The molecular weight excluding hydrogens is 381 g/mol. The van der Waals surface area contributed by atoms with Gasteiger partial charge in [-0.1, -0.05) is 54.6 Å². The minimum absolute atomic E-state index is 0.0325. The zero-order valence-electron chi connectivity index (χ0n) is 16.3. The Bertz CT molecular complexity index is 1050. The van der Waals surface area contributed by atoms with Crippen molar-refractivity contribution in [1.29, 1.82) is 0 Å². The normalized spacial score (nSPS) is 12.6. The highest BCUT2D eigenvalue weighted by molar-refractivity contribution is 5.79. The van der Waals surface area contributed by atoms with E-state index < -0.39 is 12.0 Å². The summed E-state index contributed by atoms with van der Waals surface area (Å²) in [6, 6.07) is 19.1. The fraction of sp³-hybridized carbons (Fsp3) is 0.167. The molecule has 0 saturated heterocycles. The first-order valence-corrected chi connectivity index (χ1v) is 9.81. The third-order valence-electron chi connectivity index (χ3n) is 5.12. The lowest BCUT2D eigenvalue weighted by atomic mass is 9.98. The number of carbonyl (C=O) groups excluding carboxylic acids is 1. The van der Waals surface area contributed by atoms with Crippen LogP contribution in [0.5, 0.6) is 0 Å². The maximum atomic E-state index is 13.2. The number of amides is 1. The standard InChI is InChI=1S/C24H22FN3O2/c25-23-13-12-21(26)22(28-23)11-5-6-14-27-24(29)30-15-20-18-9-3-1-7-16(18)17-8-2-4-10-19(17)20/h1-5,7-13,20H,6,14-15,26H2,(H,27,29). The molecule has 1 aromatic heterocycles. The van der Waals surface area contributed by atoms with E-state index in [0.717, 1.165) is 0 Å². The second-order valence-electron chi connectivity index (χ2n) is 7.05. The molecule has 30 heavy (non-hydrogen) atoms. The predicted octanol–water partition coefficient (Wildman–Crippen LogP) is 4.74. The van der Waals surface area contributed by atoms with E-state index in [1.54, 1.807) is 12.2 Å². The summed E-state index contributed by atoms with van der Waals surface area (Å²) in [5.74, 6) is -0.550. The number of rotatable bonds is 6. The number of carbonyl (C=O) groups is 1. The highest BCUT2D eigenvalue weighted by Gasteiger charge is 2.28. The first-order valence-electron chi connectivity index (χ1n) is 9.81. The molecule has 0 bridgehead atoms. The third-order valence-corrected chi connectivity index (χ3v) is 5.12. The number of ether oxygens (including phenoxy) is 1. The first-order chi connectivity index (χ1) is 14.6. The third kappa shape index (κ3) is 4.17. The summed E-state index contributed by atoms with van der Waals surface area (Å²) < 4.78 is 18.6. The molecule has 0 atom stereocenters. The van der Waals surface area contributed by atoms with Gasteiger partial charge in [-0.2, -0.15) is 4.39 Å². The molecule has 0 aliphatic heterocycles. The molecule has 0 unspecified atom stereocenters. The predicted molar refractivity (Wildman–Crippen MR) is 115 cm³/mol. The molecule has 4 rings (SSSR count). The van der Waals surface area contributed by atoms with Crippen LogP contribution in [0.25, 0.3) is 17.2 Å². The van der Waals surface area contributed by atoms with Gasteiger partial charge in [-0.15, -0.1) is 0 Å². The van der Waals surface area contributed by atoms with Crippen LogP contribution in [-0.2, 0) is 4.74 Å². The van der Waals surface area contributed by atoms with E-state index in [2.05, 4.69) is 34.6 Å². The van der Waals surface area contributed by atoms with Gasteiger partial charge in [0.25, 0.3) is 0 Å². The lowest BCUT2D eigenvalue weighted by Gasteiger charge is -2.14. The molecule has 1 heterocycles. The van der Waals surface area contributed by atoms with Gasteiger partial charge in [-0.05, 0) is 46.9 Å². The van der Waals surface area contributed by atoms with Gasteiger partial charge < -0.3 is 15.8 Å². The summed E-state index contributed by atoms with van der Waals surface area (Å²) >= 11 is 0. The van der Waals surface area contributed by atoms with E-state index in [4.69, 9.17) is 10.5 Å². The molecule has 1 amide bonds. The number of nitrogens with one attached hydrogen (secondary N) is 1. The summed E-state index contributed by atoms with van der Waals surface area (Å²) in [5, 5.41) is 2.73. The quantitative estimate of drug-likeness (QED) is 0.460. The fourth-order valence-corrected chi connectivity index (χ4v) is 3.70. The average molecular weight is 403 g/mol. The van der Waals surface area contributed by atoms with E-state index in [1.165, 1.54) is 34.4 Å². The Labute approximate surface area is 174 Å². The van der Waals surface area contributed by atoms with E-state index in [1.807, 2.05) is 24.3 Å². The maximum absolute atomic E-state index is 13.2. The molecule has 152 valence electrons. The number of nitrogen functional groups attached to an aromatic ring is 1. The van der Waals surface area contributed by atoms with Crippen molar-refractivity contribution in [2.45, 2.75) is 12.3 Å². The van der Waals surface area contributed by atoms with Gasteiger partial charge in [0, 0.05) is 12.5 Å². The van der Waals surface area contributed by atoms with Crippen molar-refractivity contribution in [3.8, 4) is 11.1 Å². The zero-order chi connectivity index (χ0) is 20.9. The minimum atomic E-state index is -0.583. The molecule has 3 N–H and O–H groups in total. The summed E-state index contributed by atoms with van der Waals surface area (Å²) in [6.45, 7) is 0.668. The van der Waals surface area contributed by atoms with Crippen LogP contribution in [0.2, 0.25) is 0 Å². The van der Waals surface area contributed by atoms with E-state index in [-0.39, 0.29) is 12.5 Å². The average Bonchev–Trinajstić information content (AvgIpc) is 3.08. The number of fused-ring (bicyclic) bond motifs is 3. The monoisotopic (exact) mass is 403 g/mol. The number of anilines is 1. The largest absolute Gasteiger partial charge is 0.449 e. The Morgan fingerprint density at radius 3 is 2.43 bits per heavy atom. The van der Waals surface area contributed by atoms with Gasteiger partial charge in [-0.25, -0.2) is 9.78 Å². The highest BCUT2D eigenvalue weighted by atomic mass is 19.1. The molecule has 0 fully saturated rings. The molecule has 6 heteroatoms. The SMILES string of the molecule is Nc1ccc(F)nc1C=CCCNC(=O)OCC1c2ccccc2-c2ccccc21. The second kappa shape index (κ2) is 8.78. The molecule has 0 radical (unpaired) electrons. The number of benzene rings is 2. The van der Waals surface area contributed by atoms with Crippen LogP contribution in [0.15, 0.2) is 66.7 Å². The fourth-order valence-electron chi connectivity index (χ4n) is 3.70. The zero-order valence-corrected chi connectivity index (χ0v) is 16.3. The van der Waals surface area contributed by atoms with Gasteiger partial charge in [0.2, 0.25) is 5.95 Å². The molecular formula is C24H22FN3O2. The van der Waals surface area contributed by atoms with Crippen LogP contribution in [0.4, 0.5) is 14.9 Å². The summed E-state index contributed by atoms with van der Waals surface area (Å²) in [5.41, 5.74) is 11.3. The number of pyridine rings is 1. The molecule has 2 aromatic carbocycles. The Balaban J connectivity index is 1.28. The van der Waals surface area contributed by atoms with Gasteiger partial charge in [0.15, 0.2) is 0 Å². The van der Waals surface area contributed by atoms with Crippen molar-refractivity contribution >= 4 is 17.9 Å². The van der Waals surface area contributed by atoms with Gasteiger partial charge in [0.1, 0.15) is 6.61 Å². The van der Waals surface area contributed by atoms with Crippen LogP contribution in [0.1, 0.15) is 29.2 Å². The summed E-state index contributed by atoms with van der Waals surface area (Å²) in [7, 11) is 0. The molecule has 0 saturated carbocycles. The highest BCUT2D eigenvalue weighted by Crippen LogP contribution is 2.44. The Kier molecular flexibility index (Phi) is 5.75. The molecule has 5 nitrogen and oxygen atoms in total. The Morgan fingerprint density at radius 1 is 1.07 bits per heavy atom. The van der Waals surface area contributed by atoms with Gasteiger partial charge >= 0.3 is 6.09 Å². The van der Waals surface area contributed by atoms with Crippen molar-refractivity contribution in [1.82, 2.24) is 10.3 Å². The summed E-state index contributed by atoms with van der Waals surface area (Å²) in [6.07, 6.45) is 3.50. The summed E-state index contributed by atoms with van der Waals surface area (Å²) in [4.78, 5) is 15.8. The smallest absolute Gasteiger partial charge is 0.407 e. The number of halogens is 1. The van der Waals surface area contributed by atoms with Crippen molar-refractivity contribution in [3.05, 3.63) is 89.5 Å². The van der Waals surface area contributed by atoms with Crippen molar-refractivity contribution in [2.75, 3.05) is 18.9 Å². The lowest BCUT2D eigenvalue weighted by molar-refractivity contribution is 0.143. The van der Waals surface area contributed by atoms with Gasteiger partial charge in [0.05, 0.1) is 11.4 Å². The molecule has 3 aromatic rings. The van der Waals surface area contributed by atoms with Crippen molar-refractivity contribution in [3.63, 3.8) is 0 Å². The number of hydrogen-bond donors (Lipinski definition) is 2. The van der Waals surface area contributed by atoms with Crippen LogP contribution >= 0.6 is 0 Å². The lowest BCUT2D eigenvalue weighted by Crippen LogP contribution is -2.26. The molecule has 0 spiro atoms. The molecule has 1 aliphatic carbocycles. The van der Waals surface area contributed by atoms with E-state index >= 15 is 0 Å². The van der Waals surface area contributed by atoms with Crippen LogP contribution in [0.3, 0.4) is 0 Å². The second-order valence-corrected chi connectivity index (χ2v) is 7.05. The van der Waals surface area contributed by atoms with Crippen molar-refractivity contribution in [2.24, 2.45) is 0 Å². The first kappa shape index (κ1) is 19.6. The van der Waals surface area contributed by atoms with E-state index in [9.17, 15) is 9.18 Å². The van der Waals surface area contributed by atoms with Gasteiger partial charge in [-0.3, -0.25) is 0 Å². The minimum Gasteiger partial charge on any atom is -0.449 e. The van der Waals surface area contributed by atoms with E-state index in [0.29, 0.717) is 24.3 Å². The van der Waals surface area contributed by atoms with Crippen LogP contribution in [-0.4, -0.2) is 24.2 Å². The number of alkyl carbamates (subject to hydrolysis) is 1. The van der Waals surface area contributed by atoms with Crippen LogP contribution < -0.4 is 11.1 Å². The maximum Gasteiger partial charge on any atom is 0.407 e. The van der Waals surface area contributed by atoms with Crippen molar-refractivity contribution < 1.29 is 13.9 Å². The number of nitrogens with two attached hydrogens (primary N) is 1. The number of aromatic nitrogens is 1. The topological polar surface area (TPSA) is 77.2 Å². The van der Waals surface area contributed by atoms with Crippen LogP contribution in [0, 0.1) is 5.95 Å². The molecule has 1 aliphatic rings. The number of hydrogen-bond acceptors (Lipinski definition) is 4. The Hall–Kier alpha value is -3.67. The Morgan fingerprint density at radius 2 is 1.73 bits per heavy atom.